The highest BCUT2D eigenvalue weighted by molar-refractivity contribution is 7.89. The van der Waals surface area contributed by atoms with Gasteiger partial charge in [-0.2, -0.15) is 0 Å². The molecule has 0 saturated heterocycles. The number of benzene rings is 1. The van der Waals surface area contributed by atoms with E-state index in [9.17, 15) is 13.5 Å². The molecule has 4 nitrogen and oxygen atoms in total. The lowest BCUT2D eigenvalue weighted by molar-refractivity contribution is 0.178. The Hall–Kier alpha value is -0.910. The first kappa shape index (κ1) is 16.5. The van der Waals surface area contributed by atoms with Crippen molar-refractivity contribution >= 4 is 10.0 Å². The minimum atomic E-state index is -3.28. The highest BCUT2D eigenvalue weighted by atomic mass is 32.2. The quantitative estimate of drug-likeness (QED) is 0.810. The smallest absolute Gasteiger partial charge is 0.211 e. The van der Waals surface area contributed by atoms with Crippen LogP contribution in [0.4, 0.5) is 0 Å². The summed E-state index contributed by atoms with van der Waals surface area (Å²) in [6, 6.07) is 9.60. The lowest BCUT2D eigenvalue weighted by Crippen LogP contribution is -2.36. The topological polar surface area (TPSA) is 66.4 Å². The second-order valence-electron chi connectivity index (χ2n) is 5.98. The van der Waals surface area contributed by atoms with Gasteiger partial charge in [0.2, 0.25) is 10.0 Å². The van der Waals surface area contributed by atoms with Gasteiger partial charge in [0.25, 0.3) is 0 Å². The molecule has 5 heteroatoms. The predicted octanol–water partition coefficient (Wildman–Crippen LogP) is 2.09. The summed E-state index contributed by atoms with van der Waals surface area (Å²) in [5.74, 6) is 0.480. The fraction of sp³-hybridized carbons (Fsp3) is 0.625. The monoisotopic (exact) mass is 311 g/mol. The molecule has 1 atom stereocenters. The Kier molecular flexibility index (Phi) is 6.21. The van der Waals surface area contributed by atoms with Gasteiger partial charge in [0.15, 0.2) is 0 Å². The van der Waals surface area contributed by atoms with Crippen LogP contribution in [0.1, 0.15) is 37.7 Å². The number of aliphatic hydroxyl groups is 1. The van der Waals surface area contributed by atoms with Crippen LogP contribution in [0, 0.1) is 5.92 Å². The zero-order valence-corrected chi connectivity index (χ0v) is 13.2. The zero-order valence-electron chi connectivity index (χ0n) is 12.4. The van der Waals surface area contributed by atoms with Gasteiger partial charge in [0.1, 0.15) is 0 Å². The molecular weight excluding hydrogens is 286 g/mol. The Morgan fingerprint density at radius 2 is 1.81 bits per heavy atom. The van der Waals surface area contributed by atoms with Crippen LogP contribution < -0.4 is 4.72 Å². The van der Waals surface area contributed by atoms with Gasteiger partial charge < -0.3 is 5.11 Å². The third kappa shape index (κ3) is 6.16. The van der Waals surface area contributed by atoms with Gasteiger partial charge in [0, 0.05) is 6.54 Å². The maximum atomic E-state index is 12.0. The molecule has 1 unspecified atom stereocenters. The first-order valence-electron chi connectivity index (χ1n) is 7.74. The molecule has 2 N–H and O–H groups in total. The van der Waals surface area contributed by atoms with Crippen LogP contribution >= 0.6 is 0 Å². The first-order chi connectivity index (χ1) is 10.1. The molecule has 1 fully saturated rings. The van der Waals surface area contributed by atoms with Crippen molar-refractivity contribution in [3.05, 3.63) is 35.9 Å². The van der Waals surface area contributed by atoms with Crippen molar-refractivity contribution in [3.8, 4) is 0 Å². The Balaban J connectivity index is 1.75. The van der Waals surface area contributed by atoms with E-state index in [0.717, 1.165) is 31.2 Å². The summed E-state index contributed by atoms with van der Waals surface area (Å²) in [4.78, 5) is 0. The number of rotatable bonds is 7. The molecule has 1 aliphatic carbocycles. The van der Waals surface area contributed by atoms with E-state index in [1.54, 1.807) is 0 Å². The summed E-state index contributed by atoms with van der Waals surface area (Å²) in [7, 11) is -3.28. The van der Waals surface area contributed by atoms with Crippen LogP contribution in [0.2, 0.25) is 0 Å². The summed E-state index contributed by atoms with van der Waals surface area (Å²) in [5, 5.41) is 9.94. The molecule has 1 aromatic rings. The van der Waals surface area contributed by atoms with E-state index < -0.39 is 16.1 Å². The Bertz CT molecular complexity index is 510. The summed E-state index contributed by atoms with van der Waals surface area (Å²) in [6.45, 7) is 0.0872. The molecular formula is C16H25NO3S. The van der Waals surface area contributed by atoms with Crippen molar-refractivity contribution in [2.24, 2.45) is 5.92 Å². The average molecular weight is 311 g/mol. The van der Waals surface area contributed by atoms with Crippen molar-refractivity contribution < 1.29 is 13.5 Å². The summed E-state index contributed by atoms with van der Waals surface area (Å²) < 4.78 is 26.6. The van der Waals surface area contributed by atoms with Gasteiger partial charge in [-0.1, -0.05) is 49.6 Å². The van der Waals surface area contributed by atoms with Gasteiger partial charge in [-0.3, -0.25) is 0 Å². The molecule has 0 amide bonds. The molecule has 0 aliphatic heterocycles. The van der Waals surface area contributed by atoms with E-state index in [1.165, 1.54) is 6.42 Å². The summed E-state index contributed by atoms with van der Waals surface area (Å²) in [6.07, 6.45) is 5.29. The summed E-state index contributed by atoms with van der Waals surface area (Å²) >= 11 is 0. The van der Waals surface area contributed by atoms with Crippen molar-refractivity contribution in [1.29, 1.82) is 0 Å². The Morgan fingerprint density at radius 3 is 2.48 bits per heavy atom. The van der Waals surface area contributed by atoms with Crippen molar-refractivity contribution in [1.82, 2.24) is 4.72 Å². The zero-order chi connectivity index (χ0) is 15.1. The van der Waals surface area contributed by atoms with Crippen LogP contribution in [0.5, 0.6) is 0 Å². The Morgan fingerprint density at radius 1 is 1.14 bits per heavy atom. The number of sulfonamides is 1. The van der Waals surface area contributed by atoms with Crippen LogP contribution in [0.3, 0.4) is 0 Å². The second-order valence-corrected chi connectivity index (χ2v) is 7.83. The summed E-state index contributed by atoms with van der Waals surface area (Å²) in [5.41, 5.74) is 1.01. The van der Waals surface area contributed by atoms with Gasteiger partial charge in [-0.25, -0.2) is 13.1 Å². The lowest BCUT2D eigenvalue weighted by Gasteiger charge is -2.21. The van der Waals surface area contributed by atoms with Crippen molar-refractivity contribution in [3.63, 3.8) is 0 Å². The molecule has 0 radical (unpaired) electrons. The molecule has 1 saturated carbocycles. The van der Waals surface area contributed by atoms with Crippen LogP contribution in [-0.4, -0.2) is 31.9 Å². The SMILES string of the molecule is O=S(=O)(CC1CCCCC1)NCC(O)Cc1ccccc1. The third-order valence-electron chi connectivity index (χ3n) is 4.03. The van der Waals surface area contributed by atoms with E-state index in [1.807, 2.05) is 30.3 Å². The van der Waals surface area contributed by atoms with E-state index in [2.05, 4.69) is 4.72 Å². The largest absolute Gasteiger partial charge is 0.391 e. The van der Waals surface area contributed by atoms with Crippen LogP contribution in [-0.2, 0) is 16.4 Å². The molecule has 118 valence electrons. The van der Waals surface area contributed by atoms with Gasteiger partial charge >= 0.3 is 0 Å². The van der Waals surface area contributed by atoms with E-state index in [0.29, 0.717) is 6.42 Å². The molecule has 0 heterocycles. The number of hydrogen-bond donors (Lipinski definition) is 2. The fourth-order valence-electron chi connectivity index (χ4n) is 2.90. The highest BCUT2D eigenvalue weighted by Gasteiger charge is 2.21. The normalized spacial score (nSPS) is 18.5. The van der Waals surface area contributed by atoms with Crippen molar-refractivity contribution in [2.75, 3.05) is 12.3 Å². The lowest BCUT2D eigenvalue weighted by atomic mass is 9.91. The number of hydrogen-bond acceptors (Lipinski definition) is 3. The first-order valence-corrected chi connectivity index (χ1v) is 9.40. The third-order valence-corrected chi connectivity index (χ3v) is 5.55. The van der Waals surface area contributed by atoms with Gasteiger partial charge in [-0.05, 0) is 30.7 Å². The van der Waals surface area contributed by atoms with Gasteiger partial charge in [-0.15, -0.1) is 0 Å². The van der Waals surface area contributed by atoms with Gasteiger partial charge in [0.05, 0.1) is 11.9 Å². The predicted molar refractivity (Wildman–Crippen MR) is 84.5 cm³/mol. The maximum Gasteiger partial charge on any atom is 0.211 e. The van der Waals surface area contributed by atoms with Crippen molar-refractivity contribution in [2.45, 2.75) is 44.6 Å². The molecule has 0 spiro atoms. The van der Waals surface area contributed by atoms with E-state index in [-0.39, 0.29) is 18.2 Å². The van der Waals surface area contributed by atoms with E-state index >= 15 is 0 Å². The molecule has 1 aromatic carbocycles. The second kappa shape index (κ2) is 7.92. The molecule has 21 heavy (non-hydrogen) atoms. The maximum absolute atomic E-state index is 12.0. The standard InChI is InChI=1S/C16H25NO3S/c18-16(11-14-7-3-1-4-8-14)12-17-21(19,20)13-15-9-5-2-6-10-15/h1,3-4,7-8,15-18H,2,5-6,9-13H2. The molecule has 0 bridgehead atoms. The van der Waals surface area contributed by atoms with E-state index in [4.69, 9.17) is 0 Å². The Labute approximate surface area is 127 Å². The molecule has 1 aliphatic rings. The fourth-order valence-corrected chi connectivity index (χ4v) is 4.42. The highest BCUT2D eigenvalue weighted by Crippen LogP contribution is 2.24. The van der Waals surface area contributed by atoms with Crippen LogP contribution in [0.25, 0.3) is 0 Å². The molecule has 0 aromatic heterocycles. The minimum absolute atomic E-state index is 0.0872. The number of nitrogens with one attached hydrogen (secondary N) is 1. The number of aliphatic hydroxyl groups excluding tert-OH is 1. The minimum Gasteiger partial charge on any atom is -0.391 e. The molecule has 2 rings (SSSR count). The van der Waals surface area contributed by atoms with Crippen LogP contribution in [0.15, 0.2) is 30.3 Å². The average Bonchev–Trinajstić information content (AvgIpc) is 2.47.